The molecule has 0 unspecified atom stereocenters. The number of rotatable bonds is 8. The predicted molar refractivity (Wildman–Crippen MR) is 101 cm³/mol. The summed E-state index contributed by atoms with van der Waals surface area (Å²) in [5, 5.41) is 7.56. The van der Waals surface area contributed by atoms with Gasteiger partial charge in [-0.05, 0) is 45.1 Å². The second kappa shape index (κ2) is 7.85. The summed E-state index contributed by atoms with van der Waals surface area (Å²) < 4.78 is 1.71. The topological polar surface area (TPSA) is 75.9 Å². The molecule has 1 saturated carbocycles. The van der Waals surface area contributed by atoms with Gasteiger partial charge in [0.2, 0.25) is 5.95 Å². The van der Waals surface area contributed by atoms with Gasteiger partial charge in [-0.2, -0.15) is 5.10 Å². The van der Waals surface area contributed by atoms with Crippen molar-refractivity contribution in [2.75, 3.05) is 25.0 Å². The lowest BCUT2D eigenvalue weighted by molar-refractivity contribution is 0.0758. The quantitative estimate of drug-likeness (QED) is 0.786. The van der Waals surface area contributed by atoms with Gasteiger partial charge in [0.05, 0.1) is 6.20 Å². The van der Waals surface area contributed by atoms with Gasteiger partial charge in [0.1, 0.15) is 5.69 Å². The van der Waals surface area contributed by atoms with Crippen LogP contribution in [0, 0.1) is 6.92 Å². The molecule has 0 radical (unpaired) electrons. The molecule has 1 N–H and O–H groups in total. The van der Waals surface area contributed by atoms with Gasteiger partial charge >= 0.3 is 0 Å². The molecule has 3 rings (SSSR count). The van der Waals surface area contributed by atoms with Gasteiger partial charge in [-0.1, -0.05) is 6.92 Å². The van der Waals surface area contributed by atoms with E-state index in [4.69, 9.17) is 0 Å². The molecule has 1 aliphatic rings. The summed E-state index contributed by atoms with van der Waals surface area (Å²) in [6.45, 7) is 7.92. The first-order valence-electron chi connectivity index (χ1n) is 9.43. The van der Waals surface area contributed by atoms with Crippen LogP contribution in [0.2, 0.25) is 0 Å². The number of carbonyl (C=O) groups is 1. The third-order valence-electron chi connectivity index (χ3n) is 4.79. The molecule has 1 aliphatic carbocycles. The molecule has 0 spiro atoms. The zero-order valence-corrected chi connectivity index (χ0v) is 16.1. The molecular formula is C19H28N6O. The average Bonchev–Trinajstić information content (AvgIpc) is 3.40. The number of likely N-dealkylation sites (N-methyl/N-ethyl adjacent to an activating group) is 1. The average molecular weight is 356 g/mol. The Morgan fingerprint density at radius 1 is 1.35 bits per heavy atom. The van der Waals surface area contributed by atoms with E-state index in [1.165, 1.54) is 0 Å². The summed E-state index contributed by atoms with van der Waals surface area (Å²) >= 11 is 0. The Hall–Kier alpha value is -2.44. The maximum absolute atomic E-state index is 13.0. The van der Waals surface area contributed by atoms with Crippen LogP contribution >= 0.6 is 0 Å². The normalized spacial score (nSPS) is 13.7. The van der Waals surface area contributed by atoms with Gasteiger partial charge in [0.15, 0.2) is 0 Å². The van der Waals surface area contributed by atoms with Gasteiger partial charge in [0.25, 0.3) is 5.91 Å². The van der Waals surface area contributed by atoms with Crippen LogP contribution in [0.4, 0.5) is 5.95 Å². The van der Waals surface area contributed by atoms with Crippen molar-refractivity contribution in [2.24, 2.45) is 7.05 Å². The Kier molecular flexibility index (Phi) is 5.54. The molecule has 7 nitrogen and oxygen atoms in total. The molecule has 2 heterocycles. The fraction of sp³-hybridized carbons (Fsp3) is 0.579. The molecular weight excluding hydrogens is 328 g/mol. The van der Waals surface area contributed by atoms with E-state index in [1.54, 1.807) is 4.68 Å². The molecule has 0 aromatic carbocycles. The largest absolute Gasteiger partial charge is 0.352 e. The number of hydrogen-bond donors (Lipinski definition) is 1. The minimum Gasteiger partial charge on any atom is -0.352 e. The first kappa shape index (κ1) is 18.4. The standard InChI is InChI=1S/C19H28N6O/c1-5-15-11-13(3)22-19(23-15)20-9-10-25(6-2)18(26)17-16(14-7-8-14)12-21-24(17)4/h11-12,14H,5-10H2,1-4H3,(H,20,22,23). The summed E-state index contributed by atoms with van der Waals surface area (Å²) in [7, 11) is 1.85. The van der Waals surface area contributed by atoms with Crippen molar-refractivity contribution in [1.82, 2.24) is 24.6 Å². The highest BCUT2D eigenvalue weighted by Crippen LogP contribution is 2.41. The molecule has 0 bridgehead atoms. The van der Waals surface area contributed by atoms with E-state index < -0.39 is 0 Å². The number of anilines is 1. The molecule has 140 valence electrons. The SMILES string of the molecule is CCc1cc(C)nc(NCCN(CC)C(=O)c2c(C3CC3)cnn2C)n1. The second-order valence-electron chi connectivity index (χ2n) is 6.84. The maximum atomic E-state index is 13.0. The molecule has 1 amide bonds. The lowest BCUT2D eigenvalue weighted by atomic mass is 10.1. The Labute approximate surface area is 154 Å². The Balaban J connectivity index is 1.64. The number of carbonyl (C=O) groups excluding carboxylic acids is 1. The van der Waals surface area contributed by atoms with Crippen LogP contribution in [0.5, 0.6) is 0 Å². The first-order chi connectivity index (χ1) is 12.5. The Morgan fingerprint density at radius 2 is 2.12 bits per heavy atom. The van der Waals surface area contributed by atoms with E-state index in [1.807, 2.05) is 38.1 Å². The molecule has 0 saturated heterocycles. The van der Waals surface area contributed by atoms with Gasteiger partial charge in [0, 0.05) is 43.6 Å². The van der Waals surface area contributed by atoms with Crippen molar-refractivity contribution >= 4 is 11.9 Å². The number of aryl methyl sites for hydroxylation is 3. The summed E-state index contributed by atoms with van der Waals surface area (Å²) in [4.78, 5) is 23.8. The number of nitrogens with one attached hydrogen (secondary N) is 1. The van der Waals surface area contributed by atoms with Crippen LogP contribution in [-0.4, -0.2) is 50.2 Å². The number of hydrogen-bond acceptors (Lipinski definition) is 5. The van der Waals surface area contributed by atoms with Crippen molar-refractivity contribution in [3.8, 4) is 0 Å². The molecule has 0 aliphatic heterocycles. The zero-order valence-electron chi connectivity index (χ0n) is 16.1. The Morgan fingerprint density at radius 3 is 2.77 bits per heavy atom. The van der Waals surface area contributed by atoms with Crippen LogP contribution in [0.3, 0.4) is 0 Å². The second-order valence-corrected chi connectivity index (χ2v) is 6.84. The fourth-order valence-corrected chi connectivity index (χ4v) is 3.16. The van der Waals surface area contributed by atoms with Gasteiger partial charge in [-0.3, -0.25) is 9.48 Å². The molecule has 2 aromatic heterocycles. The molecule has 0 atom stereocenters. The van der Waals surface area contributed by atoms with E-state index in [9.17, 15) is 4.79 Å². The van der Waals surface area contributed by atoms with Crippen LogP contribution in [0.25, 0.3) is 0 Å². The third-order valence-corrected chi connectivity index (χ3v) is 4.79. The van der Waals surface area contributed by atoms with Crippen molar-refractivity contribution < 1.29 is 4.79 Å². The molecule has 26 heavy (non-hydrogen) atoms. The highest BCUT2D eigenvalue weighted by Gasteiger charge is 2.32. The lowest BCUT2D eigenvalue weighted by Gasteiger charge is -2.22. The minimum atomic E-state index is 0.0515. The van der Waals surface area contributed by atoms with Crippen LogP contribution in [0.15, 0.2) is 12.3 Å². The predicted octanol–water partition coefficient (Wildman–Crippen LogP) is 2.53. The molecule has 1 fully saturated rings. The van der Waals surface area contributed by atoms with Gasteiger partial charge in [-0.15, -0.1) is 0 Å². The van der Waals surface area contributed by atoms with E-state index in [0.29, 0.717) is 31.5 Å². The van der Waals surface area contributed by atoms with Crippen molar-refractivity contribution in [3.05, 3.63) is 34.9 Å². The van der Waals surface area contributed by atoms with E-state index in [2.05, 4.69) is 27.3 Å². The fourth-order valence-electron chi connectivity index (χ4n) is 3.16. The van der Waals surface area contributed by atoms with Crippen molar-refractivity contribution in [3.63, 3.8) is 0 Å². The van der Waals surface area contributed by atoms with Gasteiger partial charge in [-0.25, -0.2) is 9.97 Å². The number of nitrogens with zero attached hydrogens (tertiary/aromatic N) is 5. The highest BCUT2D eigenvalue weighted by atomic mass is 16.2. The summed E-state index contributed by atoms with van der Waals surface area (Å²) in [5.74, 6) is 1.19. The number of aromatic nitrogens is 4. The van der Waals surface area contributed by atoms with Crippen LogP contribution in [-0.2, 0) is 13.5 Å². The van der Waals surface area contributed by atoms with Crippen molar-refractivity contribution in [1.29, 1.82) is 0 Å². The summed E-state index contributed by atoms with van der Waals surface area (Å²) in [6.07, 6.45) is 5.04. The third kappa shape index (κ3) is 4.03. The lowest BCUT2D eigenvalue weighted by Crippen LogP contribution is -2.36. The van der Waals surface area contributed by atoms with Crippen LogP contribution < -0.4 is 5.32 Å². The zero-order chi connectivity index (χ0) is 18.7. The van der Waals surface area contributed by atoms with E-state index in [0.717, 1.165) is 41.9 Å². The monoisotopic (exact) mass is 356 g/mol. The highest BCUT2D eigenvalue weighted by molar-refractivity contribution is 5.94. The van der Waals surface area contributed by atoms with Crippen molar-refractivity contribution in [2.45, 2.75) is 46.0 Å². The molecule has 2 aromatic rings. The van der Waals surface area contributed by atoms with Crippen LogP contribution in [0.1, 0.15) is 60.0 Å². The Bertz CT molecular complexity index is 780. The maximum Gasteiger partial charge on any atom is 0.272 e. The van der Waals surface area contributed by atoms with E-state index in [-0.39, 0.29) is 5.91 Å². The minimum absolute atomic E-state index is 0.0515. The smallest absolute Gasteiger partial charge is 0.272 e. The number of amides is 1. The van der Waals surface area contributed by atoms with Gasteiger partial charge < -0.3 is 10.2 Å². The molecule has 7 heteroatoms. The first-order valence-corrected chi connectivity index (χ1v) is 9.43. The van der Waals surface area contributed by atoms with E-state index >= 15 is 0 Å². The summed E-state index contributed by atoms with van der Waals surface area (Å²) in [6, 6.07) is 1.99. The summed E-state index contributed by atoms with van der Waals surface area (Å²) in [5.41, 5.74) is 3.80.